The standard InChI is InChI=1S/C12H18N4S/c1-3-15-12(9-13)5-4-10(8-12)17-11-14-6-7-16(11)2/h6-7,10,15H,3-5,8H2,1-2H3. The molecule has 1 N–H and O–H groups in total. The van der Waals surface area contributed by atoms with E-state index < -0.39 is 0 Å². The van der Waals surface area contributed by atoms with Crippen molar-refractivity contribution in [2.24, 2.45) is 7.05 Å². The van der Waals surface area contributed by atoms with Gasteiger partial charge in [0.2, 0.25) is 0 Å². The number of imidazole rings is 1. The van der Waals surface area contributed by atoms with Crippen LogP contribution in [-0.4, -0.2) is 26.9 Å². The molecule has 0 amide bonds. The average Bonchev–Trinajstić information content (AvgIpc) is 2.89. The Hall–Kier alpha value is -0.990. The Bertz CT molecular complexity index is 422. The van der Waals surface area contributed by atoms with E-state index in [1.54, 1.807) is 11.8 Å². The Morgan fingerprint density at radius 1 is 1.76 bits per heavy atom. The smallest absolute Gasteiger partial charge is 0.167 e. The Labute approximate surface area is 106 Å². The number of nitrogens with one attached hydrogen (secondary N) is 1. The van der Waals surface area contributed by atoms with Gasteiger partial charge in [0.1, 0.15) is 5.54 Å². The highest BCUT2D eigenvalue weighted by Gasteiger charge is 2.39. The molecule has 2 rings (SSSR count). The number of rotatable bonds is 4. The Kier molecular flexibility index (Phi) is 3.75. The summed E-state index contributed by atoms with van der Waals surface area (Å²) < 4.78 is 2.03. The summed E-state index contributed by atoms with van der Waals surface area (Å²) in [6.45, 7) is 2.91. The molecule has 0 saturated heterocycles. The molecule has 2 unspecified atom stereocenters. The van der Waals surface area contributed by atoms with Gasteiger partial charge in [-0.1, -0.05) is 18.7 Å². The van der Waals surface area contributed by atoms with Crippen LogP contribution in [0, 0.1) is 11.3 Å². The van der Waals surface area contributed by atoms with E-state index in [4.69, 9.17) is 0 Å². The molecule has 92 valence electrons. The van der Waals surface area contributed by atoms with Crippen molar-refractivity contribution in [3.8, 4) is 6.07 Å². The first-order chi connectivity index (χ1) is 8.19. The van der Waals surface area contributed by atoms with E-state index in [0.29, 0.717) is 5.25 Å². The molecule has 2 atom stereocenters. The van der Waals surface area contributed by atoms with Crippen molar-refractivity contribution in [2.75, 3.05) is 6.54 Å². The van der Waals surface area contributed by atoms with Crippen molar-refractivity contribution in [3.05, 3.63) is 12.4 Å². The fourth-order valence-corrected chi connectivity index (χ4v) is 3.61. The van der Waals surface area contributed by atoms with E-state index in [1.807, 2.05) is 24.0 Å². The Morgan fingerprint density at radius 3 is 3.18 bits per heavy atom. The first-order valence-electron chi connectivity index (χ1n) is 5.99. The summed E-state index contributed by atoms with van der Waals surface area (Å²) in [7, 11) is 2.01. The SMILES string of the molecule is CCNC1(C#N)CCC(Sc2nccn2C)C1. The summed E-state index contributed by atoms with van der Waals surface area (Å²) in [5.74, 6) is 0. The van der Waals surface area contributed by atoms with Gasteiger partial charge in [0.05, 0.1) is 6.07 Å². The minimum absolute atomic E-state index is 0.308. The number of nitrogens with zero attached hydrogens (tertiary/aromatic N) is 3. The molecule has 4 nitrogen and oxygen atoms in total. The fourth-order valence-electron chi connectivity index (χ4n) is 2.36. The highest BCUT2D eigenvalue weighted by atomic mass is 32.2. The Balaban J connectivity index is 1.99. The van der Waals surface area contributed by atoms with Gasteiger partial charge in [-0.05, 0) is 25.8 Å². The van der Waals surface area contributed by atoms with Gasteiger partial charge >= 0.3 is 0 Å². The Morgan fingerprint density at radius 2 is 2.59 bits per heavy atom. The van der Waals surface area contributed by atoms with E-state index in [-0.39, 0.29) is 5.54 Å². The maximum Gasteiger partial charge on any atom is 0.167 e. The summed E-state index contributed by atoms with van der Waals surface area (Å²) >= 11 is 1.79. The molecule has 0 radical (unpaired) electrons. The third-order valence-electron chi connectivity index (χ3n) is 3.25. The van der Waals surface area contributed by atoms with Gasteiger partial charge in [-0.2, -0.15) is 5.26 Å². The lowest BCUT2D eigenvalue weighted by atomic mass is 10.0. The average molecular weight is 250 g/mol. The number of thioether (sulfide) groups is 1. The van der Waals surface area contributed by atoms with Crippen molar-refractivity contribution in [3.63, 3.8) is 0 Å². The van der Waals surface area contributed by atoms with Crippen molar-refractivity contribution < 1.29 is 0 Å². The topological polar surface area (TPSA) is 53.6 Å². The van der Waals surface area contributed by atoms with Gasteiger partial charge in [0, 0.05) is 24.7 Å². The summed E-state index contributed by atoms with van der Waals surface area (Å²) in [6.07, 6.45) is 6.71. The van der Waals surface area contributed by atoms with Crippen LogP contribution in [0.3, 0.4) is 0 Å². The van der Waals surface area contributed by atoms with E-state index in [2.05, 4.69) is 23.3 Å². The molecule has 1 fully saturated rings. The van der Waals surface area contributed by atoms with Crippen LogP contribution in [0.5, 0.6) is 0 Å². The van der Waals surface area contributed by atoms with Crippen LogP contribution < -0.4 is 5.32 Å². The zero-order valence-corrected chi connectivity index (χ0v) is 11.1. The quantitative estimate of drug-likeness (QED) is 0.887. The fraction of sp³-hybridized carbons (Fsp3) is 0.667. The second-order valence-corrected chi connectivity index (χ2v) is 5.80. The zero-order valence-electron chi connectivity index (χ0n) is 10.3. The molecular weight excluding hydrogens is 232 g/mol. The minimum Gasteiger partial charge on any atom is -0.329 e. The van der Waals surface area contributed by atoms with Crippen LogP contribution in [0.25, 0.3) is 0 Å². The maximum atomic E-state index is 9.30. The summed E-state index contributed by atoms with van der Waals surface area (Å²) in [5.41, 5.74) is -0.308. The number of aromatic nitrogens is 2. The first kappa shape index (κ1) is 12.5. The van der Waals surface area contributed by atoms with Crippen LogP contribution in [-0.2, 0) is 7.05 Å². The van der Waals surface area contributed by atoms with Crippen LogP contribution in [0.2, 0.25) is 0 Å². The molecule has 1 aliphatic carbocycles. The van der Waals surface area contributed by atoms with Gasteiger partial charge in [-0.3, -0.25) is 5.32 Å². The molecule has 5 heteroatoms. The molecule has 1 aliphatic rings. The molecule has 0 spiro atoms. The van der Waals surface area contributed by atoms with E-state index in [9.17, 15) is 5.26 Å². The maximum absolute atomic E-state index is 9.30. The molecule has 1 aromatic rings. The lowest BCUT2D eigenvalue weighted by Gasteiger charge is -2.21. The van der Waals surface area contributed by atoms with Crippen LogP contribution in [0.4, 0.5) is 0 Å². The molecule has 1 heterocycles. The van der Waals surface area contributed by atoms with Crippen LogP contribution >= 0.6 is 11.8 Å². The lowest BCUT2D eigenvalue weighted by molar-refractivity contribution is 0.436. The lowest BCUT2D eigenvalue weighted by Crippen LogP contribution is -2.41. The van der Waals surface area contributed by atoms with Crippen molar-refractivity contribution in [2.45, 2.75) is 42.1 Å². The van der Waals surface area contributed by atoms with E-state index in [0.717, 1.165) is 31.0 Å². The predicted octanol–water partition coefficient (Wildman–Crippen LogP) is 1.94. The highest BCUT2D eigenvalue weighted by molar-refractivity contribution is 7.99. The largest absolute Gasteiger partial charge is 0.329 e. The van der Waals surface area contributed by atoms with E-state index >= 15 is 0 Å². The van der Waals surface area contributed by atoms with Crippen LogP contribution in [0.1, 0.15) is 26.2 Å². The second-order valence-electron chi connectivity index (χ2n) is 4.53. The van der Waals surface area contributed by atoms with Crippen molar-refractivity contribution in [1.29, 1.82) is 5.26 Å². The van der Waals surface area contributed by atoms with Gasteiger partial charge in [-0.15, -0.1) is 0 Å². The molecule has 1 saturated carbocycles. The number of aryl methyl sites for hydroxylation is 1. The summed E-state index contributed by atoms with van der Waals surface area (Å²) in [5, 5.41) is 14.2. The first-order valence-corrected chi connectivity index (χ1v) is 6.87. The number of nitriles is 1. The van der Waals surface area contributed by atoms with Gasteiger partial charge in [0.25, 0.3) is 0 Å². The zero-order chi connectivity index (χ0) is 12.3. The monoisotopic (exact) mass is 250 g/mol. The number of hydrogen-bond acceptors (Lipinski definition) is 4. The molecule has 0 bridgehead atoms. The highest BCUT2D eigenvalue weighted by Crippen LogP contribution is 2.39. The summed E-state index contributed by atoms with van der Waals surface area (Å²) in [6, 6.07) is 2.45. The molecule has 0 aromatic carbocycles. The van der Waals surface area contributed by atoms with Gasteiger partial charge < -0.3 is 4.57 Å². The minimum atomic E-state index is -0.308. The third kappa shape index (κ3) is 2.64. The van der Waals surface area contributed by atoms with Crippen molar-refractivity contribution >= 4 is 11.8 Å². The summed E-state index contributed by atoms with van der Waals surface area (Å²) in [4.78, 5) is 4.32. The van der Waals surface area contributed by atoms with Crippen LogP contribution in [0.15, 0.2) is 17.6 Å². The molecular formula is C12H18N4S. The molecule has 1 aromatic heterocycles. The molecule has 0 aliphatic heterocycles. The number of hydrogen-bond donors (Lipinski definition) is 1. The van der Waals surface area contributed by atoms with Gasteiger partial charge in [0.15, 0.2) is 5.16 Å². The van der Waals surface area contributed by atoms with Gasteiger partial charge in [-0.25, -0.2) is 4.98 Å². The van der Waals surface area contributed by atoms with Crippen molar-refractivity contribution in [1.82, 2.24) is 14.9 Å². The molecule has 17 heavy (non-hydrogen) atoms. The normalized spacial score (nSPS) is 28.2. The second kappa shape index (κ2) is 5.11. The van der Waals surface area contributed by atoms with E-state index in [1.165, 1.54) is 0 Å². The third-order valence-corrected chi connectivity index (χ3v) is 4.59. The predicted molar refractivity (Wildman–Crippen MR) is 68.7 cm³/mol.